The number of hydrogen-bond donors (Lipinski definition) is 0. The molecule has 3 aromatic rings. The van der Waals surface area contributed by atoms with Crippen LogP contribution in [0.5, 0.6) is 0 Å². The van der Waals surface area contributed by atoms with Crippen LogP contribution in [0, 0.1) is 0 Å². The number of benzene rings is 2. The highest BCUT2D eigenvalue weighted by molar-refractivity contribution is 7.91. The van der Waals surface area contributed by atoms with E-state index in [1.807, 2.05) is 0 Å². The lowest BCUT2D eigenvalue weighted by Crippen LogP contribution is -2.01. The third kappa shape index (κ3) is 2.60. The molecule has 0 amide bonds. The minimum Gasteiger partial charge on any atom is -0.452 e. The second-order valence-electron chi connectivity index (χ2n) is 4.45. The van der Waals surface area contributed by atoms with Gasteiger partial charge in [0.2, 0.25) is 14.9 Å². The van der Waals surface area contributed by atoms with Crippen molar-refractivity contribution in [1.29, 1.82) is 0 Å². The second kappa shape index (κ2) is 5.39. The Morgan fingerprint density at radius 2 is 1.52 bits per heavy atom. The molecule has 0 atom stereocenters. The molecule has 2 aromatic carbocycles. The SMILES string of the molecule is O=S(=O)(c1ccccc1)c1occc1-c1ccc(Cl)cc1. The van der Waals surface area contributed by atoms with Crippen LogP contribution in [0.15, 0.2) is 81.3 Å². The van der Waals surface area contributed by atoms with Gasteiger partial charge >= 0.3 is 0 Å². The maximum Gasteiger partial charge on any atom is 0.240 e. The Morgan fingerprint density at radius 3 is 2.19 bits per heavy atom. The van der Waals surface area contributed by atoms with E-state index in [9.17, 15) is 8.42 Å². The molecule has 1 heterocycles. The van der Waals surface area contributed by atoms with Crippen molar-refractivity contribution in [2.75, 3.05) is 0 Å². The summed E-state index contributed by atoms with van der Waals surface area (Å²) < 4.78 is 30.5. The van der Waals surface area contributed by atoms with Crippen molar-refractivity contribution in [1.82, 2.24) is 0 Å². The first-order chi connectivity index (χ1) is 10.1. The van der Waals surface area contributed by atoms with Crippen molar-refractivity contribution in [3.05, 3.63) is 71.9 Å². The highest BCUT2D eigenvalue weighted by atomic mass is 35.5. The standard InChI is InChI=1S/C16H11ClO3S/c17-13-8-6-12(7-9-13)15-10-11-20-16(15)21(18,19)14-4-2-1-3-5-14/h1-11H. The Morgan fingerprint density at radius 1 is 0.857 bits per heavy atom. The molecule has 5 heteroatoms. The van der Waals surface area contributed by atoms with E-state index in [-0.39, 0.29) is 9.99 Å². The first kappa shape index (κ1) is 13.9. The maximum atomic E-state index is 12.6. The zero-order valence-corrected chi connectivity index (χ0v) is 12.4. The molecule has 0 aliphatic rings. The monoisotopic (exact) mass is 318 g/mol. The summed E-state index contributed by atoms with van der Waals surface area (Å²) in [6.07, 6.45) is 1.37. The Labute approximate surface area is 127 Å². The number of rotatable bonds is 3. The third-order valence-corrected chi connectivity index (χ3v) is 5.03. The number of halogens is 1. The van der Waals surface area contributed by atoms with Crippen molar-refractivity contribution < 1.29 is 12.8 Å². The van der Waals surface area contributed by atoms with Gasteiger partial charge in [-0.15, -0.1) is 0 Å². The Bertz CT molecular complexity index is 850. The van der Waals surface area contributed by atoms with Gasteiger partial charge in [0.15, 0.2) is 0 Å². The predicted octanol–water partition coefficient (Wildman–Crippen LogP) is 4.43. The minimum absolute atomic E-state index is 0.0592. The molecule has 1 aromatic heterocycles. The van der Waals surface area contributed by atoms with Crippen molar-refractivity contribution >= 4 is 21.4 Å². The molecular formula is C16H11ClO3S. The molecule has 0 fully saturated rings. The van der Waals surface area contributed by atoms with Crippen LogP contribution >= 0.6 is 11.6 Å². The highest BCUT2D eigenvalue weighted by Gasteiger charge is 2.25. The maximum absolute atomic E-state index is 12.6. The molecule has 0 aliphatic carbocycles. The summed E-state index contributed by atoms with van der Waals surface area (Å²) in [5, 5.41) is 0.533. The molecule has 0 aliphatic heterocycles. The summed E-state index contributed by atoms with van der Waals surface area (Å²) in [4.78, 5) is 0.204. The van der Waals surface area contributed by atoms with Crippen molar-refractivity contribution in [3.63, 3.8) is 0 Å². The van der Waals surface area contributed by atoms with Gasteiger partial charge in [-0.2, -0.15) is 0 Å². The van der Waals surface area contributed by atoms with Crippen LogP contribution in [0.3, 0.4) is 0 Å². The number of furan rings is 1. The summed E-state index contributed by atoms with van der Waals surface area (Å²) in [5.74, 6) is 0. The van der Waals surface area contributed by atoms with E-state index in [1.54, 1.807) is 60.7 Å². The summed E-state index contributed by atoms with van der Waals surface area (Å²) in [5.41, 5.74) is 1.26. The molecular weight excluding hydrogens is 308 g/mol. The van der Waals surface area contributed by atoms with E-state index in [0.717, 1.165) is 5.56 Å². The van der Waals surface area contributed by atoms with E-state index in [1.165, 1.54) is 6.26 Å². The molecule has 3 nitrogen and oxygen atoms in total. The van der Waals surface area contributed by atoms with Gasteiger partial charge in [0.1, 0.15) is 0 Å². The second-order valence-corrected chi connectivity index (χ2v) is 6.73. The fourth-order valence-corrected chi connectivity index (χ4v) is 3.57. The van der Waals surface area contributed by atoms with Crippen LogP contribution in [0.1, 0.15) is 0 Å². The van der Waals surface area contributed by atoms with Gasteiger partial charge in [-0.3, -0.25) is 0 Å². The minimum atomic E-state index is -3.68. The molecule has 0 N–H and O–H groups in total. The summed E-state index contributed by atoms with van der Waals surface area (Å²) in [7, 11) is -3.68. The largest absolute Gasteiger partial charge is 0.452 e. The molecule has 0 bridgehead atoms. The van der Waals surface area contributed by atoms with Crippen LogP contribution in [-0.4, -0.2) is 8.42 Å². The van der Waals surface area contributed by atoms with Crippen LogP contribution < -0.4 is 0 Å². The van der Waals surface area contributed by atoms with E-state index < -0.39 is 9.84 Å². The summed E-state index contributed by atoms with van der Waals surface area (Å²) in [6.45, 7) is 0. The zero-order valence-electron chi connectivity index (χ0n) is 10.9. The smallest absolute Gasteiger partial charge is 0.240 e. The van der Waals surface area contributed by atoms with Gasteiger partial charge in [0.25, 0.3) is 0 Å². The van der Waals surface area contributed by atoms with Gasteiger partial charge in [-0.05, 0) is 35.9 Å². The predicted molar refractivity (Wildman–Crippen MR) is 81.0 cm³/mol. The van der Waals surface area contributed by atoms with Gasteiger partial charge in [-0.25, -0.2) is 8.42 Å². The van der Waals surface area contributed by atoms with Gasteiger partial charge in [0, 0.05) is 10.6 Å². The Hall–Kier alpha value is -2.04. The first-order valence-corrected chi connectivity index (χ1v) is 8.09. The molecule has 3 rings (SSSR count). The van der Waals surface area contributed by atoms with Crippen LogP contribution in [0.4, 0.5) is 0 Å². The molecule has 0 unspecified atom stereocenters. The molecule has 21 heavy (non-hydrogen) atoms. The van der Waals surface area contributed by atoms with Gasteiger partial charge in [0.05, 0.1) is 11.2 Å². The zero-order chi connectivity index (χ0) is 14.9. The molecule has 0 saturated carbocycles. The van der Waals surface area contributed by atoms with E-state index in [4.69, 9.17) is 16.0 Å². The van der Waals surface area contributed by atoms with Gasteiger partial charge in [-0.1, -0.05) is 41.9 Å². The molecule has 0 spiro atoms. The fourth-order valence-electron chi connectivity index (χ4n) is 2.05. The fraction of sp³-hybridized carbons (Fsp3) is 0. The van der Waals surface area contributed by atoms with Crippen LogP contribution in [0.25, 0.3) is 11.1 Å². The molecule has 106 valence electrons. The van der Waals surface area contributed by atoms with Crippen molar-refractivity contribution in [2.24, 2.45) is 0 Å². The normalized spacial score (nSPS) is 11.5. The lowest BCUT2D eigenvalue weighted by Gasteiger charge is -2.05. The van der Waals surface area contributed by atoms with Gasteiger partial charge < -0.3 is 4.42 Å². The summed E-state index contributed by atoms with van der Waals surface area (Å²) >= 11 is 5.86. The van der Waals surface area contributed by atoms with Crippen molar-refractivity contribution in [2.45, 2.75) is 9.99 Å². The third-order valence-electron chi connectivity index (χ3n) is 3.08. The number of sulfone groups is 1. The number of hydrogen-bond acceptors (Lipinski definition) is 3. The average Bonchev–Trinajstić information content (AvgIpc) is 2.99. The Balaban J connectivity index is 2.13. The quantitative estimate of drug-likeness (QED) is 0.717. The molecule has 0 saturated heterocycles. The van der Waals surface area contributed by atoms with E-state index >= 15 is 0 Å². The van der Waals surface area contributed by atoms with E-state index in [0.29, 0.717) is 10.6 Å². The summed E-state index contributed by atoms with van der Waals surface area (Å²) in [6, 6.07) is 16.8. The highest BCUT2D eigenvalue weighted by Crippen LogP contribution is 2.32. The van der Waals surface area contributed by atoms with E-state index in [2.05, 4.69) is 0 Å². The lowest BCUT2D eigenvalue weighted by molar-refractivity contribution is 0.452. The molecule has 0 radical (unpaired) electrons. The average molecular weight is 319 g/mol. The van der Waals surface area contributed by atoms with Crippen LogP contribution in [0.2, 0.25) is 5.02 Å². The first-order valence-electron chi connectivity index (χ1n) is 6.22. The Kier molecular flexibility index (Phi) is 3.57. The lowest BCUT2D eigenvalue weighted by atomic mass is 10.1. The topological polar surface area (TPSA) is 47.3 Å². The van der Waals surface area contributed by atoms with Crippen LogP contribution in [-0.2, 0) is 9.84 Å². The van der Waals surface area contributed by atoms with Crippen molar-refractivity contribution in [3.8, 4) is 11.1 Å².